The summed E-state index contributed by atoms with van der Waals surface area (Å²) in [4.78, 5) is 24.3. The van der Waals surface area contributed by atoms with Crippen LogP contribution in [-0.4, -0.2) is 24.7 Å². The van der Waals surface area contributed by atoms with Gasteiger partial charge < -0.3 is 9.47 Å². The molecule has 6 nitrogen and oxygen atoms in total. The lowest BCUT2D eigenvalue weighted by Gasteiger charge is -2.05. The minimum Gasteiger partial charge on any atom is -0.490 e. The van der Waals surface area contributed by atoms with Crippen molar-refractivity contribution in [1.29, 1.82) is 0 Å². The zero-order chi connectivity index (χ0) is 22.1. The standard InChI is InChI=1S/C24H19BrN2O4/c1-2-15-30-21-13-7-18(8-14-21)23(28)27-26-16-17-3-11-22(12-4-17)31-24(29)19-5-9-20(25)10-6-19/h2-14,16H,1,15H2,(H,27,28)/b26-16+. The molecule has 156 valence electrons. The quantitative estimate of drug-likeness (QED) is 0.162. The molecule has 0 fully saturated rings. The Morgan fingerprint density at radius 3 is 2.16 bits per heavy atom. The van der Waals surface area contributed by atoms with Crippen LogP contribution in [0.3, 0.4) is 0 Å². The molecule has 0 bridgehead atoms. The van der Waals surface area contributed by atoms with Crippen LogP contribution in [0.2, 0.25) is 0 Å². The van der Waals surface area contributed by atoms with Crippen molar-refractivity contribution in [2.24, 2.45) is 5.10 Å². The summed E-state index contributed by atoms with van der Waals surface area (Å²) < 4.78 is 11.6. The fraction of sp³-hybridized carbons (Fsp3) is 0.0417. The number of hydrogen-bond acceptors (Lipinski definition) is 5. The summed E-state index contributed by atoms with van der Waals surface area (Å²) in [6, 6.07) is 20.4. The Bertz CT molecular complexity index is 1080. The van der Waals surface area contributed by atoms with Gasteiger partial charge in [0.05, 0.1) is 11.8 Å². The van der Waals surface area contributed by atoms with Crippen LogP contribution in [0, 0.1) is 0 Å². The number of carbonyl (C=O) groups is 2. The molecule has 0 aromatic heterocycles. The van der Waals surface area contributed by atoms with Gasteiger partial charge in [0.15, 0.2) is 0 Å². The van der Waals surface area contributed by atoms with Crippen molar-refractivity contribution < 1.29 is 19.1 Å². The van der Waals surface area contributed by atoms with Gasteiger partial charge in [-0.3, -0.25) is 4.79 Å². The third-order valence-electron chi connectivity index (χ3n) is 4.03. The molecule has 0 atom stereocenters. The number of hydrazone groups is 1. The van der Waals surface area contributed by atoms with Gasteiger partial charge in [-0.2, -0.15) is 5.10 Å². The summed E-state index contributed by atoms with van der Waals surface area (Å²) in [6.07, 6.45) is 3.15. The number of carbonyl (C=O) groups excluding carboxylic acids is 2. The largest absolute Gasteiger partial charge is 0.490 e. The van der Waals surface area contributed by atoms with Gasteiger partial charge in [0.2, 0.25) is 0 Å². The van der Waals surface area contributed by atoms with Gasteiger partial charge in [0.1, 0.15) is 18.1 Å². The number of hydrogen-bond donors (Lipinski definition) is 1. The molecular formula is C24H19BrN2O4. The molecule has 0 aliphatic carbocycles. The predicted molar refractivity (Wildman–Crippen MR) is 123 cm³/mol. The van der Waals surface area contributed by atoms with E-state index in [4.69, 9.17) is 9.47 Å². The Morgan fingerprint density at radius 1 is 0.903 bits per heavy atom. The lowest BCUT2D eigenvalue weighted by atomic mass is 10.2. The highest BCUT2D eigenvalue weighted by atomic mass is 79.9. The normalized spacial score (nSPS) is 10.5. The summed E-state index contributed by atoms with van der Waals surface area (Å²) in [6.45, 7) is 3.99. The molecule has 0 radical (unpaired) electrons. The molecule has 7 heteroatoms. The second-order valence-corrected chi connectivity index (χ2v) is 7.20. The highest BCUT2D eigenvalue weighted by molar-refractivity contribution is 9.10. The van der Waals surface area contributed by atoms with Gasteiger partial charge >= 0.3 is 5.97 Å². The highest BCUT2D eigenvalue weighted by Crippen LogP contribution is 2.16. The smallest absolute Gasteiger partial charge is 0.343 e. The monoisotopic (exact) mass is 478 g/mol. The molecule has 3 aromatic carbocycles. The van der Waals surface area contributed by atoms with Crippen molar-refractivity contribution in [2.45, 2.75) is 0 Å². The lowest BCUT2D eigenvalue weighted by Crippen LogP contribution is -2.17. The molecule has 0 heterocycles. The highest BCUT2D eigenvalue weighted by Gasteiger charge is 2.08. The van der Waals surface area contributed by atoms with Gasteiger partial charge in [0.25, 0.3) is 5.91 Å². The summed E-state index contributed by atoms with van der Waals surface area (Å²) in [5.74, 6) is 0.280. The Hall–Kier alpha value is -3.71. The number of benzene rings is 3. The number of amides is 1. The van der Waals surface area contributed by atoms with Crippen LogP contribution in [0.15, 0.2) is 95.0 Å². The Kier molecular flexibility index (Phi) is 7.73. The molecule has 3 aromatic rings. The molecule has 0 saturated carbocycles. The van der Waals surface area contributed by atoms with E-state index in [1.807, 2.05) is 0 Å². The van der Waals surface area contributed by atoms with Gasteiger partial charge in [0, 0.05) is 10.0 Å². The minimum absolute atomic E-state index is 0.341. The maximum atomic E-state index is 12.1. The van der Waals surface area contributed by atoms with Crippen molar-refractivity contribution in [2.75, 3.05) is 6.61 Å². The number of rotatable bonds is 8. The molecule has 0 aliphatic rings. The SMILES string of the molecule is C=CCOc1ccc(C(=O)N/N=C/c2ccc(OC(=O)c3ccc(Br)cc3)cc2)cc1. The molecule has 3 rings (SSSR count). The van der Waals surface area contributed by atoms with E-state index in [-0.39, 0.29) is 5.91 Å². The molecule has 0 unspecified atom stereocenters. The zero-order valence-corrected chi connectivity index (χ0v) is 18.0. The predicted octanol–water partition coefficient (Wildman–Crippen LogP) is 5.00. The van der Waals surface area contributed by atoms with Crippen LogP contribution in [-0.2, 0) is 0 Å². The number of esters is 1. The maximum absolute atomic E-state index is 12.1. The van der Waals surface area contributed by atoms with Gasteiger partial charge in [-0.15, -0.1) is 0 Å². The molecule has 1 N–H and O–H groups in total. The van der Waals surface area contributed by atoms with Crippen molar-refractivity contribution in [3.05, 3.63) is 107 Å². The van der Waals surface area contributed by atoms with Crippen molar-refractivity contribution in [1.82, 2.24) is 5.43 Å². The van der Waals surface area contributed by atoms with Crippen molar-refractivity contribution in [3.8, 4) is 11.5 Å². The number of nitrogens with one attached hydrogen (secondary N) is 1. The van der Waals surface area contributed by atoms with Crippen molar-refractivity contribution >= 4 is 34.0 Å². The van der Waals surface area contributed by atoms with Gasteiger partial charge in [-0.25, -0.2) is 10.2 Å². The maximum Gasteiger partial charge on any atom is 0.343 e. The first-order valence-corrected chi connectivity index (χ1v) is 10.1. The second-order valence-electron chi connectivity index (χ2n) is 6.29. The average Bonchev–Trinajstić information content (AvgIpc) is 2.79. The van der Waals surface area contributed by atoms with Gasteiger partial charge in [-0.05, 0) is 78.4 Å². The first-order valence-electron chi connectivity index (χ1n) is 9.30. The first-order chi connectivity index (χ1) is 15.0. The third-order valence-corrected chi connectivity index (χ3v) is 4.56. The van der Waals surface area contributed by atoms with Crippen LogP contribution >= 0.6 is 15.9 Å². The van der Waals surface area contributed by atoms with Gasteiger partial charge in [-0.1, -0.05) is 28.6 Å². The van der Waals surface area contributed by atoms with E-state index in [1.54, 1.807) is 78.9 Å². The minimum atomic E-state index is -0.443. The van der Waals surface area contributed by atoms with Crippen LogP contribution in [0.5, 0.6) is 11.5 Å². The van der Waals surface area contributed by atoms with Crippen molar-refractivity contribution in [3.63, 3.8) is 0 Å². The van der Waals surface area contributed by atoms with E-state index < -0.39 is 5.97 Å². The fourth-order valence-corrected chi connectivity index (χ4v) is 2.73. The number of halogens is 1. The first kappa shape index (κ1) is 22.0. The van der Waals surface area contributed by atoms with E-state index in [9.17, 15) is 9.59 Å². The molecular weight excluding hydrogens is 460 g/mol. The fourth-order valence-electron chi connectivity index (χ4n) is 2.46. The van der Waals surface area contributed by atoms with Crippen LogP contribution in [0.1, 0.15) is 26.3 Å². The van der Waals surface area contributed by atoms with E-state index in [0.29, 0.717) is 29.2 Å². The molecule has 0 saturated heterocycles. The topological polar surface area (TPSA) is 77.0 Å². The third kappa shape index (κ3) is 6.65. The van der Waals surface area contributed by atoms with Crippen LogP contribution in [0.4, 0.5) is 0 Å². The Labute approximate surface area is 188 Å². The Balaban J connectivity index is 1.52. The molecule has 31 heavy (non-hydrogen) atoms. The summed E-state index contributed by atoms with van der Waals surface area (Å²) in [5, 5.41) is 3.96. The van der Waals surface area contributed by atoms with Crippen LogP contribution < -0.4 is 14.9 Å². The number of nitrogens with zero attached hydrogens (tertiary/aromatic N) is 1. The second kappa shape index (κ2) is 10.9. The van der Waals surface area contributed by atoms with E-state index in [2.05, 4.69) is 33.0 Å². The van der Waals surface area contributed by atoms with E-state index in [0.717, 1.165) is 10.0 Å². The average molecular weight is 479 g/mol. The van der Waals surface area contributed by atoms with E-state index in [1.165, 1.54) is 6.21 Å². The lowest BCUT2D eigenvalue weighted by molar-refractivity contribution is 0.0734. The molecule has 0 aliphatic heterocycles. The number of ether oxygens (including phenoxy) is 2. The van der Waals surface area contributed by atoms with E-state index >= 15 is 0 Å². The summed E-state index contributed by atoms with van der Waals surface area (Å²) >= 11 is 3.32. The molecule has 0 spiro atoms. The van der Waals surface area contributed by atoms with Crippen LogP contribution in [0.25, 0.3) is 0 Å². The summed E-state index contributed by atoms with van der Waals surface area (Å²) in [5.41, 5.74) is 4.11. The Morgan fingerprint density at radius 2 is 1.52 bits per heavy atom. The zero-order valence-electron chi connectivity index (χ0n) is 16.5. The summed E-state index contributed by atoms with van der Waals surface area (Å²) in [7, 11) is 0. The molecule has 1 amide bonds.